The van der Waals surface area contributed by atoms with Gasteiger partial charge in [-0.25, -0.2) is 4.98 Å². The molecule has 0 aliphatic carbocycles. The normalized spacial score (nSPS) is 22.5. The average molecular weight is 410 g/mol. The summed E-state index contributed by atoms with van der Waals surface area (Å²) in [4.78, 5) is 30.8. The van der Waals surface area contributed by atoms with Crippen LogP contribution in [0.15, 0.2) is 18.3 Å². The van der Waals surface area contributed by atoms with Crippen LogP contribution in [0.1, 0.15) is 19.3 Å². The van der Waals surface area contributed by atoms with Crippen molar-refractivity contribution in [3.63, 3.8) is 0 Å². The molecule has 0 saturated carbocycles. The van der Waals surface area contributed by atoms with Gasteiger partial charge < -0.3 is 15.5 Å². The second-order valence-electron chi connectivity index (χ2n) is 6.16. The number of hydrogen-bond acceptors (Lipinski definition) is 4. The van der Waals surface area contributed by atoms with Crippen molar-refractivity contribution in [2.45, 2.75) is 19.3 Å². The lowest BCUT2D eigenvalue weighted by Gasteiger charge is -2.33. The lowest BCUT2D eigenvalue weighted by Crippen LogP contribution is -2.46. The van der Waals surface area contributed by atoms with E-state index in [9.17, 15) is 9.59 Å². The summed E-state index contributed by atoms with van der Waals surface area (Å²) in [7, 11) is 0. The van der Waals surface area contributed by atoms with Crippen LogP contribution in [0.4, 0.5) is 5.82 Å². The number of nitrogens with zero attached hydrogens (tertiary/aromatic N) is 2. The molecule has 2 amide bonds. The third-order valence-electron chi connectivity index (χ3n) is 4.49. The number of hydrogen-bond donors (Lipinski definition) is 2. The zero-order chi connectivity index (χ0) is 16.2. The van der Waals surface area contributed by atoms with Crippen molar-refractivity contribution in [3.05, 3.63) is 23.4 Å². The second kappa shape index (κ2) is 10.2. The molecular weight excluding hydrogens is 387 g/mol. The van der Waals surface area contributed by atoms with Gasteiger partial charge in [0.15, 0.2) is 0 Å². The Morgan fingerprint density at radius 3 is 2.68 bits per heavy atom. The van der Waals surface area contributed by atoms with Gasteiger partial charge >= 0.3 is 0 Å². The number of nitrogens with one attached hydrogen (secondary N) is 2. The van der Waals surface area contributed by atoms with Crippen LogP contribution < -0.4 is 10.6 Å². The van der Waals surface area contributed by atoms with Crippen LogP contribution in [-0.4, -0.2) is 47.9 Å². The first-order valence-corrected chi connectivity index (χ1v) is 8.43. The summed E-state index contributed by atoms with van der Waals surface area (Å²) in [5.74, 6) is 0.469. The van der Waals surface area contributed by atoms with Crippen LogP contribution in [0.25, 0.3) is 0 Å². The molecule has 2 unspecified atom stereocenters. The Bertz CT molecular complexity index is 579. The molecule has 3 heterocycles. The van der Waals surface area contributed by atoms with Crippen molar-refractivity contribution in [1.29, 1.82) is 0 Å². The molecular formula is C16H23Cl3N4O2. The number of carbonyl (C=O) groups is 2. The number of piperidine rings is 1. The Morgan fingerprint density at radius 1 is 1.24 bits per heavy atom. The smallest absolute Gasteiger partial charge is 0.230 e. The van der Waals surface area contributed by atoms with Gasteiger partial charge in [0, 0.05) is 25.8 Å². The molecule has 2 aliphatic rings. The maximum atomic E-state index is 12.5. The van der Waals surface area contributed by atoms with Crippen molar-refractivity contribution < 1.29 is 9.59 Å². The van der Waals surface area contributed by atoms with Gasteiger partial charge in [-0.15, -0.1) is 24.8 Å². The molecule has 0 spiro atoms. The summed E-state index contributed by atoms with van der Waals surface area (Å²) in [6.45, 7) is 2.89. The molecule has 2 saturated heterocycles. The third-order valence-corrected chi connectivity index (χ3v) is 4.72. The Labute approximate surface area is 164 Å². The fourth-order valence-electron chi connectivity index (χ4n) is 3.19. The van der Waals surface area contributed by atoms with E-state index in [-0.39, 0.29) is 48.5 Å². The molecule has 2 aliphatic heterocycles. The summed E-state index contributed by atoms with van der Waals surface area (Å²) in [5.41, 5.74) is 0. The van der Waals surface area contributed by atoms with Crippen LogP contribution in [0.5, 0.6) is 0 Å². The number of likely N-dealkylation sites (tertiary alicyclic amines) is 1. The van der Waals surface area contributed by atoms with Gasteiger partial charge in [0.25, 0.3) is 0 Å². The first-order valence-electron chi connectivity index (χ1n) is 8.05. The van der Waals surface area contributed by atoms with E-state index in [1.54, 1.807) is 12.1 Å². The quantitative estimate of drug-likeness (QED) is 0.804. The van der Waals surface area contributed by atoms with E-state index in [0.29, 0.717) is 17.4 Å². The van der Waals surface area contributed by atoms with E-state index in [1.165, 1.54) is 6.20 Å². The number of pyridine rings is 1. The van der Waals surface area contributed by atoms with Gasteiger partial charge in [-0.3, -0.25) is 9.59 Å². The van der Waals surface area contributed by atoms with Crippen molar-refractivity contribution in [2.75, 3.05) is 31.5 Å². The van der Waals surface area contributed by atoms with E-state index >= 15 is 0 Å². The largest absolute Gasteiger partial charge is 0.342 e. The number of aromatic nitrogens is 1. The molecule has 0 aromatic carbocycles. The van der Waals surface area contributed by atoms with Gasteiger partial charge in [0.1, 0.15) is 5.82 Å². The minimum atomic E-state index is -0.181. The van der Waals surface area contributed by atoms with E-state index in [1.807, 2.05) is 4.90 Å². The molecule has 2 fully saturated rings. The molecule has 2 atom stereocenters. The van der Waals surface area contributed by atoms with Crippen LogP contribution in [0.3, 0.4) is 0 Å². The van der Waals surface area contributed by atoms with Crippen LogP contribution in [0.2, 0.25) is 5.02 Å². The van der Waals surface area contributed by atoms with Crippen molar-refractivity contribution in [2.24, 2.45) is 11.8 Å². The Hall–Kier alpha value is -1.08. The number of anilines is 1. The Balaban J connectivity index is 0.00000156. The van der Waals surface area contributed by atoms with Crippen molar-refractivity contribution >= 4 is 54.0 Å². The molecule has 6 nitrogen and oxygen atoms in total. The van der Waals surface area contributed by atoms with Gasteiger partial charge in [-0.1, -0.05) is 11.6 Å². The summed E-state index contributed by atoms with van der Waals surface area (Å²) in [5, 5.41) is 6.56. The van der Waals surface area contributed by atoms with E-state index in [2.05, 4.69) is 15.6 Å². The first-order chi connectivity index (χ1) is 11.1. The number of carbonyl (C=O) groups excluding carboxylic acids is 2. The molecule has 9 heteroatoms. The predicted molar refractivity (Wildman–Crippen MR) is 103 cm³/mol. The molecule has 0 bridgehead atoms. The Morgan fingerprint density at radius 2 is 2.04 bits per heavy atom. The van der Waals surface area contributed by atoms with Gasteiger partial charge in [0.05, 0.1) is 16.9 Å². The SMILES string of the molecule is Cl.Cl.O=C(Nc1ccc(Cl)cn1)C1CCCN(C(=O)C2CCNC2)C1. The summed E-state index contributed by atoms with van der Waals surface area (Å²) in [6.07, 6.45) is 4.05. The second-order valence-corrected chi connectivity index (χ2v) is 6.60. The summed E-state index contributed by atoms with van der Waals surface area (Å²) < 4.78 is 0. The topological polar surface area (TPSA) is 74.3 Å². The standard InChI is InChI=1S/C16H21ClN4O2.2ClH/c17-13-3-4-14(19-9-13)20-15(22)12-2-1-7-21(10-12)16(23)11-5-6-18-8-11;;/h3-4,9,11-12,18H,1-2,5-8,10H2,(H,19,20,22);2*1H. The van der Waals surface area contributed by atoms with Crippen molar-refractivity contribution in [1.82, 2.24) is 15.2 Å². The van der Waals surface area contributed by atoms with Gasteiger partial charge in [-0.05, 0) is 37.9 Å². The summed E-state index contributed by atoms with van der Waals surface area (Å²) in [6, 6.07) is 3.37. The average Bonchev–Trinajstić information content (AvgIpc) is 3.11. The minimum Gasteiger partial charge on any atom is -0.342 e. The molecule has 0 radical (unpaired) electrons. The zero-order valence-corrected chi connectivity index (χ0v) is 16.1. The Kier molecular flexibility index (Phi) is 8.93. The monoisotopic (exact) mass is 408 g/mol. The highest BCUT2D eigenvalue weighted by Crippen LogP contribution is 2.22. The van der Waals surface area contributed by atoms with E-state index in [4.69, 9.17) is 11.6 Å². The highest BCUT2D eigenvalue weighted by atomic mass is 35.5. The molecule has 25 heavy (non-hydrogen) atoms. The van der Waals surface area contributed by atoms with E-state index < -0.39 is 0 Å². The van der Waals surface area contributed by atoms with Crippen LogP contribution >= 0.6 is 36.4 Å². The van der Waals surface area contributed by atoms with Gasteiger partial charge in [0.2, 0.25) is 11.8 Å². The zero-order valence-electron chi connectivity index (χ0n) is 13.7. The van der Waals surface area contributed by atoms with Crippen LogP contribution in [-0.2, 0) is 9.59 Å². The number of halogens is 3. The van der Waals surface area contributed by atoms with Crippen molar-refractivity contribution in [3.8, 4) is 0 Å². The highest BCUT2D eigenvalue weighted by Gasteiger charge is 2.32. The molecule has 3 rings (SSSR count). The molecule has 2 N–H and O–H groups in total. The minimum absolute atomic E-state index is 0. The number of rotatable bonds is 3. The molecule has 1 aromatic heterocycles. The molecule has 140 valence electrons. The maximum absolute atomic E-state index is 12.5. The molecule has 1 aromatic rings. The highest BCUT2D eigenvalue weighted by molar-refractivity contribution is 6.30. The predicted octanol–water partition coefficient (Wildman–Crippen LogP) is 2.37. The lowest BCUT2D eigenvalue weighted by molar-refractivity contribution is -0.138. The third kappa shape index (κ3) is 5.71. The maximum Gasteiger partial charge on any atom is 0.230 e. The van der Waals surface area contributed by atoms with Gasteiger partial charge in [-0.2, -0.15) is 0 Å². The fourth-order valence-corrected chi connectivity index (χ4v) is 3.30. The van der Waals surface area contributed by atoms with Crippen LogP contribution in [0, 0.1) is 11.8 Å². The van der Waals surface area contributed by atoms with E-state index in [0.717, 1.165) is 38.9 Å². The fraction of sp³-hybridized carbons (Fsp3) is 0.562. The number of amides is 2. The lowest BCUT2D eigenvalue weighted by atomic mass is 9.95. The first kappa shape index (κ1) is 22.0. The summed E-state index contributed by atoms with van der Waals surface area (Å²) >= 11 is 5.79.